The Bertz CT molecular complexity index is 1390. The lowest BCUT2D eigenvalue weighted by Gasteiger charge is -2.33. The van der Waals surface area contributed by atoms with Gasteiger partial charge >= 0.3 is 0 Å². The van der Waals surface area contributed by atoms with Crippen LogP contribution >= 0.6 is 0 Å². The molecule has 178 valence electrons. The van der Waals surface area contributed by atoms with E-state index in [1.165, 1.54) is 12.1 Å². The summed E-state index contributed by atoms with van der Waals surface area (Å²) in [6.07, 6.45) is 3.51. The Balaban J connectivity index is 1.47. The number of carbonyl (C=O) groups is 1. The molecule has 35 heavy (non-hydrogen) atoms. The van der Waals surface area contributed by atoms with Crippen molar-refractivity contribution in [3.05, 3.63) is 60.5 Å². The van der Waals surface area contributed by atoms with Gasteiger partial charge in [0.15, 0.2) is 5.65 Å². The van der Waals surface area contributed by atoms with Crippen LogP contribution in [0.5, 0.6) is 0 Å². The summed E-state index contributed by atoms with van der Waals surface area (Å²) in [7, 11) is 2.13. The van der Waals surface area contributed by atoms with Gasteiger partial charge in [0.25, 0.3) is 0 Å². The summed E-state index contributed by atoms with van der Waals surface area (Å²) in [5.41, 5.74) is 2.98. The van der Waals surface area contributed by atoms with Crippen molar-refractivity contribution in [1.29, 1.82) is 0 Å². The maximum atomic E-state index is 13.7. The topological polar surface area (TPSA) is 79.2 Å². The third-order valence-electron chi connectivity index (χ3n) is 6.62. The average Bonchev–Trinajstić information content (AvgIpc) is 3.65. The number of pyridine rings is 2. The fraction of sp³-hybridized carbons (Fsp3) is 0.308. The molecule has 1 N–H and O–H groups in total. The average molecular weight is 472 g/mol. The number of amides is 1. The first-order valence-electron chi connectivity index (χ1n) is 11.9. The molecule has 2 aliphatic rings. The first-order valence-corrected chi connectivity index (χ1v) is 11.9. The van der Waals surface area contributed by atoms with Gasteiger partial charge in [-0.05, 0) is 62.4 Å². The zero-order chi connectivity index (χ0) is 23.9. The van der Waals surface area contributed by atoms with Crippen LogP contribution in [-0.4, -0.2) is 63.6 Å². The third kappa shape index (κ3) is 4.35. The molecular weight excluding hydrogens is 445 g/mol. The van der Waals surface area contributed by atoms with Crippen LogP contribution in [-0.2, 0) is 4.79 Å². The van der Waals surface area contributed by atoms with Crippen molar-refractivity contribution in [3.63, 3.8) is 0 Å². The highest BCUT2D eigenvalue weighted by Crippen LogP contribution is 2.32. The molecule has 1 saturated heterocycles. The summed E-state index contributed by atoms with van der Waals surface area (Å²) < 4.78 is 15.6. The Hall–Kier alpha value is -3.85. The molecule has 4 aromatic rings. The van der Waals surface area contributed by atoms with E-state index in [1.54, 1.807) is 18.3 Å². The highest BCUT2D eigenvalue weighted by molar-refractivity contribution is 5.93. The minimum Gasteiger partial charge on any atom is -0.354 e. The Morgan fingerprint density at radius 1 is 1.00 bits per heavy atom. The van der Waals surface area contributed by atoms with Crippen LogP contribution < -0.4 is 10.2 Å². The number of nitrogens with one attached hydrogen (secondary N) is 1. The van der Waals surface area contributed by atoms with Crippen molar-refractivity contribution >= 4 is 28.7 Å². The second kappa shape index (κ2) is 8.74. The van der Waals surface area contributed by atoms with Gasteiger partial charge < -0.3 is 15.1 Å². The fourth-order valence-electron chi connectivity index (χ4n) is 4.40. The van der Waals surface area contributed by atoms with E-state index in [-0.39, 0.29) is 17.6 Å². The van der Waals surface area contributed by atoms with Crippen molar-refractivity contribution in [2.24, 2.45) is 5.92 Å². The number of nitrogens with zero attached hydrogens (tertiary/aromatic N) is 6. The summed E-state index contributed by atoms with van der Waals surface area (Å²) >= 11 is 0. The van der Waals surface area contributed by atoms with Gasteiger partial charge in [-0.25, -0.2) is 19.3 Å². The first kappa shape index (κ1) is 21.7. The summed E-state index contributed by atoms with van der Waals surface area (Å²) in [5, 5.41) is 2.92. The molecule has 0 radical (unpaired) electrons. The number of likely N-dealkylation sites (N-methyl/N-ethyl adjacent to an activating group) is 1. The Morgan fingerprint density at radius 3 is 2.51 bits per heavy atom. The van der Waals surface area contributed by atoms with Crippen molar-refractivity contribution in [2.45, 2.75) is 12.8 Å². The van der Waals surface area contributed by atoms with E-state index in [4.69, 9.17) is 9.97 Å². The quantitative estimate of drug-likeness (QED) is 0.478. The van der Waals surface area contributed by atoms with E-state index in [2.05, 4.69) is 27.1 Å². The van der Waals surface area contributed by atoms with Crippen molar-refractivity contribution in [3.8, 4) is 17.1 Å². The zero-order valence-corrected chi connectivity index (χ0v) is 19.5. The summed E-state index contributed by atoms with van der Waals surface area (Å²) in [5.74, 6) is 1.81. The van der Waals surface area contributed by atoms with Crippen LogP contribution in [0, 0.1) is 11.7 Å². The van der Waals surface area contributed by atoms with Crippen molar-refractivity contribution < 1.29 is 9.18 Å². The van der Waals surface area contributed by atoms with Gasteiger partial charge in [0.1, 0.15) is 28.8 Å². The van der Waals surface area contributed by atoms with Gasteiger partial charge in [0, 0.05) is 49.9 Å². The molecule has 1 aliphatic heterocycles. The normalized spacial score (nSPS) is 16.6. The summed E-state index contributed by atoms with van der Waals surface area (Å²) in [6.45, 7) is 3.77. The number of fused-ring (bicyclic) bond motifs is 1. The van der Waals surface area contributed by atoms with E-state index in [0.717, 1.165) is 61.6 Å². The lowest BCUT2D eigenvalue weighted by molar-refractivity contribution is -0.117. The molecule has 0 bridgehead atoms. The van der Waals surface area contributed by atoms with Gasteiger partial charge in [-0.15, -0.1) is 0 Å². The maximum Gasteiger partial charge on any atom is 0.228 e. The van der Waals surface area contributed by atoms with Crippen LogP contribution in [0.2, 0.25) is 0 Å². The number of piperazine rings is 1. The number of halogens is 1. The van der Waals surface area contributed by atoms with Gasteiger partial charge in [0.2, 0.25) is 5.91 Å². The van der Waals surface area contributed by atoms with E-state index < -0.39 is 0 Å². The van der Waals surface area contributed by atoms with E-state index in [0.29, 0.717) is 17.3 Å². The van der Waals surface area contributed by atoms with Crippen LogP contribution in [0.15, 0.2) is 54.7 Å². The Morgan fingerprint density at radius 2 is 1.77 bits per heavy atom. The molecule has 9 heteroatoms. The molecule has 1 aliphatic carbocycles. The predicted molar refractivity (Wildman–Crippen MR) is 133 cm³/mol. The number of benzene rings is 1. The number of carbonyl (C=O) groups excluding carboxylic acids is 1. The Labute approximate surface area is 202 Å². The summed E-state index contributed by atoms with van der Waals surface area (Å²) in [6, 6.07) is 14.0. The van der Waals surface area contributed by atoms with Gasteiger partial charge in [0.05, 0.1) is 5.69 Å². The van der Waals surface area contributed by atoms with E-state index in [9.17, 15) is 9.18 Å². The third-order valence-corrected chi connectivity index (χ3v) is 6.62. The van der Waals surface area contributed by atoms with Gasteiger partial charge in [-0.3, -0.25) is 9.36 Å². The molecule has 4 heterocycles. The lowest BCUT2D eigenvalue weighted by Crippen LogP contribution is -2.44. The maximum absolute atomic E-state index is 13.7. The SMILES string of the molecule is CN1CCN(c2ccc3nc(-c4ccc(F)cc4)n(-c4ccnc(NC(=O)C5CC5)c4)c3n2)CC1. The first-order chi connectivity index (χ1) is 17.0. The zero-order valence-electron chi connectivity index (χ0n) is 19.5. The molecule has 0 unspecified atom stereocenters. The minimum atomic E-state index is -0.305. The second-order valence-electron chi connectivity index (χ2n) is 9.24. The van der Waals surface area contributed by atoms with Gasteiger partial charge in [-0.2, -0.15) is 0 Å². The van der Waals surface area contributed by atoms with Crippen LogP contribution in [0.25, 0.3) is 28.2 Å². The van der Waals surface area contributed by atoms with Gasteiger partial charge in [-0.1, -0.05) is 0 Å². The molecule has 2 fully saturated rings. The molecule has 0 atom stereocenters. The number of rotatable bonds is 5. The summed E-state index contributed by atoms with van der Waals surface area (Å²) in [4.78, 5) is 31.1. The smallest absolute Gasteiger partial charge is 0.228 e. The van der Waals surface area contributed by atoms with Crippen molar-refractivity contribution in [1.82, 2.24) is 24.4 Å². The highest BCUT2D eigenvalue weighted by Gasteiger charge is 2.30. The number of hydrogen-bond acceptors (Lipinski definition) is 6. The van der Waals surface area contributed by atoms with Crippen molar-refractivity contribution in [2.75, 3.05) is 43.4 Å². The standard InChI is InChI=1S/C26H26FN7O/c1-32-12-14-33(15-13-32)23-9-8-21-25(31-23)34(24(29-21)17-4-6-19(27)7-5-17)20-10-11-28-22(16-20)30-26(35)18-2-3-18/h4-11,16,18H,2-3,12-15H2,1H3,(H,28,30,35). The van der Waals surface area contributed by atoms with Crippen LogP contribution in [0.4, 0.5) is 16.0 Å². The fourth-order valence-corrected chi connectivity index (χ4v) is 4.40. The largest absolute Gasteiger partial charge is 0.354 e. The monoisotopic (exact) mass is 471 g/mol. The number of hydrogen-bond donors (Lipinski definition) is 1. The molecule has 1 amide bonds. The lowest BCUT2D eigenvalue weighted by atomic mass is 10.2. The highest BCUT2D eigenvalue weighted by atomic mass is 19.1. The number of imidazole rings is 1. The molecule has 1 aromatic carbocycles. The minimum absolute atomic E-state index is 0.000579. The number of aromatic nitrogens is 4. The van der Waals surface area contributed by atoms with E-state index >= 15 is 0 Å². The second-order valence-corrected chi connectivity index (χ2v) is 9.24. The Kier molecular flexibility index (Phi) is 5.41. The molecule has 0 spiro atoms. The van der Waals surface area contributed by atoms with Crippen LogP contribution in [0.1, 0.15) is 12.8 Å². The molecule has 6 rings (SSSR count). The van der Waals surface area contributed by atoms with Crippen LogP contribution in [0.3, 0.4) is 0 Å². The molecular formula is C26H26FN7O. The predicted octanol–water partition coefficient (Wildman–Crippen LogP) is 3.72. The molecule has 1 saturated carbocycles. The molecule has 3 aromatic heterocycles. The number of anilines is 2. The molecule has 8 nitrogen and oxygen atoms in total. The van der Waals surface area contributed by atoms with E-state index in [1.807, 2.05) is 28.8 Å².